The van der Waals surface area contributed by atoms with E-state index in [0.717, 1.165) is 28.6 Å². The number of thioether (sulfide) groups is 1. The fourth-order valence-electron chi connectivity index (χ4n) is 1.68. The minimum Gasteiger partial charge on any atom is -0.299 e. The molecule has 0 saturated heterocycles. The predicted molar refractivity (Wildman–Crippen MR) is 78.6 cm³/mol. The summed E-state index contributed by atoms with van der Waals surface area (Å²) in [6.07, 6.45) is 2.93. The van der Waals surface area contributed by atoms with Crippen molar-refractivity contribution in [2.75, 3.05) is 5.75 Å². The minimum atomic E-state index is 0.365. The molecule has 0 aliphatic carbocycles. The van der Waals surface area contributed by atoms with Crippen LogP contribution >= 0.6 is 27.7 Å². The summed E-state index contributed by atoms with van der Waals surface area (Å²) < 4.78 is 1.06. The van der Waals surface area contributed by atoms with Gasteiger partial charge in [-0.15, -0.1) is 11.8 Å². The van der Waals surface area contributed by atoms with Crippen LogP contribution in [0.3, 0.4) is 0 Å². The van der Waals surface area contributed by atoms with Crippen molar-refractivity contribution in [3.63, 3.8) is 0 Å². The molecule has 0 amide bonds. The van der Waals surface area contributed by atoms with Crippen molar-refractivity contribution in [1.29, 1.82) is 0 Å². The molecular formula is C14H19BrOS. The molecule has 3 heteroatoms. The molecule has 0 radical (unpaired) electrons. The number of ketones is 1. The second kappa shape index (κ2) is 7.93. The fraction of sp³-hybridized carbons (Fsp3) is 0.500. The first-order valence-electron chi connectivity index (χ1n) is 6.05. The largest absolute Gasteiger partial charge is 0.299 e. The molecule has 0 fully saturated rings. The Morgan fingerprint density at radius 2 is 2.06 bits per heavy atom. The van der Waals surface area contributed by atoms with Gasteiger partial charge in [-0.1, -0.05) is 48.7 Å². The Labute approximate surface area is 117 Å². The molecule has 0 N–H and O–H groups in total. The van der Waals surface area contributed by atoms with Crippen LogP contribution in [0.15, 0.2) is 33.6 Å². The van der Waals surface area contributed by atoms with Gasteiger partial charge in [-0.3, -0.25) is 4.79 Å². The zero-order chi connectivity index (χ0) is 12.7. The Kier molecular flexibility index (Phi) is 6.90. The van der Waals surface area contributed by atoms with Crippen LogP contribution in [0.5, 0.6) is 0 Å². The van der Waals surface area contributed by atoms with E-state index in [0.29, 0.717) is 17.5 Å². The topological polar surface area (TPSA) is 17.1 Å². The average Bonchev–Trinajstić information content (AvgIpc) is 2.33. The number of halogens is 1. The van der Waals surface area contributed by atoms with Gasteiger partial charge in [-0.25, -0.2) is 0 Å². The van der Waals surface area contributed by atoms with Gasteiger partial charge < -0.3 is 0 Å². The lowest BCUT2D eigenvalue weighted by atomic mass is 9.98. The van der Waals surface area contributed by atoms with E-state index in [1.165, 1.54) is 0 Å². The molecule has 0 aliphatic heterocycles. The number of hydrogen-bond donors (Lipinski definition) is 0. The van der Waals surface area contributed by atoms with Crippen molar-refractivity contribution >= 4 is 33.5 Å². The highest BCUT2D eigenvalue weighted by Gasteiger charge is 2.10. The molecule has 0 heterocycles. The van der Waals surface area contributed by atoms with E-state index in [2.05, 4.69) is 35.8 Å². The van der Waals surface area contributed by atoms with Crippen LogP contribution in [0.4, 0.5) is 0 Å². The van der Waals surface area contributed by atoms with Gasteiger partial charge in [-0.05, 0) is 24.1 Å². The second-order valence-corrected chi connectivity index (χ2v) is 6.14. The lowest BCUT2D eigenvalue weighted by Gasteiger charge is -2.10. The zero-order valence-electron chi connectivity index (χ0n) is 10.4. The average molecular weight is 315 g/mol. The second-order valence-electron chi connectivity index (χ2n) is 4.17. The Morgan fingerprint density at radius 3 is 2.65 bits per heavy atom. The van der Waals surface area contributed by atoms with Crippen LogP contribution in [0, 0.1) is 5.92 Å². The quantitative estimate of drug-likeness (QED) is 0.663. The third kappa shape index (κ3) is 5.73. The first-order valence-corrected chi connectivity index (χ1v) is 7.83. The van der Waals surface area contributed by atoms with E-state index < -0.39 is 0 Å². The highest BCUT2D eigenvalue weighted by atomic mass is 79.9. The van der Waals surface area contributed by atoms with Gasteiger partial charge in [0.15, 0.2) is 0 Å². The maximum atomic E-state index is 11.8. The van der Waals surface area contributed by atoms with Gasteiger partial charge >= 0.3 is 0 Å². The molecule has 0 aromatic heterocycles. The van der Waals surface area contributed by atoms with E-state index >= 15 is 0 Å². The monoisotopic (exact) mass is 314 g/mol. The van der Waals surface area contributed by atoms with Crippen molar-refractivity contribution in [2.45, 2.75) is 38.0 Å². The molecule has 1 aromatic carbocycles. The Bertz CT molecular complexity index is 361. The zero-order valence-corrected chi connectivity index (χ0v) is 12.8. The molecule has 0 spiro atoms. The van der Waals surface area contributed by atoms with Crippen molar-refractivity contribution in [3.05, 3.63) is 28.7 Å². The van der Waals surface area contributed by atoms with E-state index in [1.807, 2.05) is 18.2 Å². The van der Waals surface area contributed by atoms with Crippen LogP contribution in [-0.4, -0.2) is 11.5 Å². The lowest BCUT2D eigenvalue weighted by molar-refractivity contribution is -0.117. The van der Waals surface area contributed by atoms with Gasteiger partial charge in [0.25, 0.3) is 0 Å². The molecule has 94 valence electrons. The molecule has 0 saturated carbocycles. The van der Waals surface area contributed by atoms with E-state index in [-0.39, 0.29) is 0 Å². The molecule has 1 rings (SSSR count). The van der Waals surface area contributed by atoms with Crippen molar-refractivity contribution < 1.29 is 4.79 Å². The standard InChI is InChI=1S/C14H19BrOS/c1-3-11(4-2)8-13(16)10-17-14-7-5-6-12(15)9-14/h5-7,9,11H,3-4,8,10H2,1-2H3. The van der Waals surface area contributed by atoms with E-state index in [4.69, 9.17) is 0 Å². The summed E-state index contributed by atoms with van der Waals surface area (Å²) in [5, 5.41) is 0. The lowest BCUT2D eigenvalue weighted by Crippen LogP contribution is -2.09. The summed E-state index contributed by atoms with van der Waals surface area (Å²) in [5.74, 6) is 1.52. The van der Waals surface area contributed by atoms with Crippen molar-refractivity contribution in [2.24, 2.45) is 5.92 Å². The number of hydrogen-bond acceptors (Lipinski definition) is 2. The molecule has 0 unspecified atom stereocenters. The summed E-state index contributed by atoms with van der Waals surface area (Å²) in [6.45, 7) is 4.31. The smallest absolute Gasteiger partial charge is 0.143 e. The van der Waals surface area contributed by atoms with Gasteiger partial charge in [0.2, 0.25) is 0 Å². The summed E-state index contributed by atoms with van der Waals surface area (Å²) in [6, 6.07) is 8.09. The number of carbonyl (C=O) groups is 1. The van der Waals surface area contributed by atoms with Crippen molar-refractivity contribution in [1.82, 2.24) is 0 Å². The molecule has 17 heavy (non-hydrogen) atoms. The van der Waals surface area contributed by atoms with Crippen LogP contribution in [0.25, 0.3) is 0 Å². The molecule has 0 aliphatic rings. The van der Waals surface area contributed by atoms with Crippen LogP contribution in [0.1, 0.15) is 33.1 Å². The summed E-state index contributed by atoms with van der Waals surface area (Å²) in [7, 11) is 0. The van der Waals surface area contributed by atoms with E-state index in [9.17, 15) is 4.79 Å². The SMILES string of the molecule is CCC(CC)CC(=O)CSc1cccc(Br)c1. The minimum absolute atomic E-state index is 0.365. The third-order valence-electron chi connectivity index (χ3n) is 2.87. The maximum absolute atomic E-state index is 11.8. The highest BCUT2D eigenvalue weighted by Crippen LogP contribution is 2.23. The Hall–Kier alpha value is -0.280. The van der Waals surface area contributed by atoms with Gasteiger partial charge in [0.1, 0.15) is 5.78 Å². The van der Waals surface area contributed by atoms with Crippen LogP contribution < -0.4 is 0 Å². The van der Waals surface area contributed by atoms with Gasteiger partial charge in [-0.2, -0.15) is 0 Å². The number of Topliss-reactive ketones (excluding diaryl/α,β-unsaturated/α-hetero) is 1. The first-order chi connectivity index (χ1) is 8.15. The van der Waals surface area contributed by atoms with Gasteiger partial charge in [0, 0.05) is 15.8 Å². The van der Waals surface area contributed by atoms with Gasteiger partial charge in [0.05, 0.1) is 5.75 Å². The molecule has 0 bridgehead atoms. The van der Waals surface area contributed by atoms with Crippen LogP contribution in [0.2, 0.25) is 0 Å². The summed E-state index contributed by atoms with van der Waals surface area (Å²) >= 11 is 5.06. The molecule has 0 atom stereocenters. The first kappa shape index (κ1) is 14.8. The molecular weight excluding hydrogens is 296 g/mol. The predicted octanol–water partition coefficient (Wildman–Crippen LogP) is 4.94. The Morgan fingerprint density at radius 1 is 1.35 bits per heavy atom. The fourth-order valence-corrected chi connectivity index (χ4v) is 3.06. The summed E-state index contributed by atoms with van der Waals surface area (Å²) in [5.41, 5.74) is 0. The molecule has 1 nitrogen and oxygen atoms in total. The normalized spacial score (nSPS) is 10.8. The molecule has 1 aromatic rings. The number of carbonyl (C=O) groups excluding carboxylic acids is 1. The van der Waals surface area contributed by atoms with Crippen molar-refractivity contribution in [3.8, 4) is 0 Å². The van der Waals surface area contributed by atoms with Crippen LogP contribution in [-0.2, 0) is 4.79 Å². The third-order valence-corrected chi connectivity index (χ3v) is 4.41. The highest BCUT2D eigenvalue weighted by molar-refractivity contribution is 9.10. The Balaban J connectivity index is 2.38. The summed E-state index contributed by atoms with van der Waals surface area (Å²) in [4.78, 5) is 12.9. The van der Waals surface area contributed by atoms with E-state index in [1.54, 1.807) is 11.8 Å². The maximum Gasteiger partial charge on any atom is 0.143 e. The number of rotatable bonds is 7. The number of benzene rings is 1.